The molecule has 0 bridgehead atoms. The molecular weight excluding hydrogens is 239 g/mol. The molecule has 2 atom stereocenters. The van der Waals surface area contributed by atoms with Crippen molar-refractivity contribution in [3.05, 3.63) is 16.7 Å². The summed E-state index contributed by atoms with van der Waals surface area (Å²) in [5.41, 5.74) is 2.30. The van der Waals surface area contributed by atoms with Gasteiger partial charge in [-0.25, -0.2) is 4.79 Å². The molecule has 17 heavy (non-hydrogen) atoms. The van der Waals surface area contributed by atoms with E-state index in [1.807, 2.05) is 6.92 Å². The largest absolute Gasteiger partial charge is 0.507 e. The van der Waals surface area contributed by atoms with E-state index in [-0.39, 0.29) is 14.3 Å². The number of phenols is 1. The summed E-state index contributed by atoms with van der Waals surface area (Å²) in [4.78, 5) is 11.2. The van der Waals surface area contributed by atoms with Crippen molar-refractivity contribution < 1.29 is 19.7 Å². The summed E-state index contributed by atoms with van der Waals surface area (Å²) in [6.45, 7) is 7.01. The van der Waals surface area contributed by atoms with Crippen LogP contribution < -0.4 is 10.0 Å². The zero-order valence-electron chi connectivity index (χ0n) is 10.2. The normalized spacial score (nSPS) is 23.5. The molecule has 0 radical (unpaired) electrons. The Morgan fingerprint density at radius 2 is 1.82 bits per heavy atom. The fourth-order valence-corrected chi connectivity index (χ4v) is 3.34. The molecule has 1 aromatic rings. The van der Waals surface area contributed by atoms with Gasteiger partial charge >= 0.3 is 5.97 Å². The fraction of sp³-hybridized carbons (Fsp3) is 0.417. The summed E-state index contributed by atoms with van der Waals surface area (Å²) in [6, 6.07) is 0. The highest BCUT2D eigenvalue weighted by atomic mass is 31.1. The maximum absolute atomic E-state index is 11.2. The first-order valence-electron chi connectivity index (χ1n) is 5.31. The molecule has 1 aromatic carbocycles. The van der Waals surface area contributed by atoms with Gasteiger partial charge in [0.25, 0.3) is 0 Å². The average Bonchev–Trinajstić information content (AvgIpc) is 2.63. The van der Waals surface area contributed by atoms with Crippen LogP contribution in [0.25, 0.3) is 0 Å². The van der Waals surface area contributed by atoms with E-state index >= 15 is 0 Å². The Morgan fingerprint density at radius 1 is 1.24 bits per heavy atom. The Kier molecular flexibility index (Phi) is 2.58. The summed E-state index contributed by atoms with van der Waals surface area (Å²) in [6.07, 6.45) is 0. The number of hydrogen-bond acceptors (Lipinski definition) is 3. The van der Waals surface area contributed by atoms with Gasteiger partial charge in [-0.1, -0.05) is 0 Å². The van der Waals surface area contributed by atoms with Crippen LogP contribution in [0.3, 0.4) is 0 Å². The van der Waals surface area contributed by atoms with E-state index in [1.54, 1.807) is 20.8 Å². The van der Waals surface area contributed by atoms with Gasteiger partial charge in [0, 0.05) is 10.9 Å². The van der Waals surface area contributed by atoms with Crippen molar-refractivity contribution in [2.24, 2.45) is 0 Å². The van der Waals surface area contributed by atoms with Crippen molar-refractivity contribution in [1.29, 1.82) is 0 Å². The van der Waals surface area contributed by atoms with Gasteiger partial charge in [-0.3, -0.25) is 0 Å². The van der Waals surface area contributed by atoms with Gasteiger partial charge in [-0.05, 0) is 47.4 Å². The van der Waals surface area contributed by atoms with Crippen LogP contribution in [0.15, 0.2) is 0 Å². The predicted molar refractivity (Wildman–Crippen MR) is 66.9 cm³/mol. The maximum atomic E-state index is 11.2. The third-order valence-electron chi connectivity index (χ3n) is 3.29. The molecule has 2 unspecified atom stereocenters. The van der Waals surface area contributed by atoms with Crippen molar-refractivity contribution in [2.75, 3.05) is 0 Å². The molecule has 1 aliphatic rings. The quantitative estimate of drug-likeness (QED) is 0.750. The topological polar surface area (TPSA) is 66.8 Å². The number of rotatable bonds is 1. The van der Waals surface area contributed by atoms with Crippen LogP contribution in [0.2, 0.25) is 0 Å². The summed E-state index contributed by atoms with van der Waals surface area (Å²) < 4.78 is 5.60. The molecule has 1 heterocycles. The van der Waals surface area contributed by atoms with Crippen LogP contribution in [0.5, 0.6) is 11.5 Å². The summed E-state index contributed by atoms with van der Waals surface area (Å²) in [7, 11) is 0.0103. The predicted octanol–water partition coefficient (Wildman–Crippen LogP) is 1.81. The zero-order valence-corrected chi connectivity index (χ0v) is 11.2. The zero-order chi connectivity index (χ0) is 13.0. The van der Waals surface area contributed by atoms with Crippen LogP contribution in [-0.4, -0.2) is 21.5 Å². The Hall–Kier alpha value is -1.28. The van der Waals surface area contributed by atoms with Crippen LogP contribution in [-0.2, 0) is 4.79 Å². The first kappa shape index (κ1) is 12.2. The molecule has 0 spiro atoms. The number of ether oxygens (including phenoxy) is 1. The molecule has 0 aromatic heterocycles. The molecule has 2 N–H and O–H groups in total. The second kappa shape index (κ2) is 3.61. The Morgan fingerprint density at radius 3 is 2.35 bits per heavy atom. The number of aromatic hydroxyl groups is 1. The third kappa shape index (κ3) is 1.59. The molecule has 0 fully saturated rings. The average molecular weight is 254 g/mol. The van der Waals surface area contributed by atoms with Gasteiger partial charge in [0.2, 0.25) is 5.34 Å². The number of carbonyl (C=O) groups is 1. The Labute approximate surface area is 101 Å². The lowest BCUT2D eigenvalue weighted by molar-refractivity contribution is -0.146. The molecular formula is C12H15O4P. The maximum Gasteiger partial charge on any atom is 0.352 e. The van der Waals surface area contributed by atoms with Gasteiger partial charge in [0.1, 0.15) is 11.5 Å². The second-order valence-corrected chi connectivity index (χ2v) is 6.20. The lowest BCUT2D eigenvalue weighted by Gasteiger charge is -2.18. The molecule has 1 aliphatic heterocycles. The number of aliphatic carboxylic acids is 1. The van der Waals surface area contributed by atoms with Crippen molar-refractivity contribution in [1.82, 2.24) is 0 Å². The van der Waals surface area contributed by atoms with Gasteiger partial charge in [0.15, 0.2) is 0 Å². The molecule has 92 valence electrons. The number of phenolic OH excluding ortho intramolecular Hbond substituents is 1. The molecule has 5 heteroatoms. The third-order valence-corrected chi connectivity index (χ3v) is 4.94. The van der Waals surface area contributed by atoms with Gasteiger partial charge < -0.3 is 14.9 Å². The molecule has 0 saturated heterocycles. The first-order chi connectivity index (χ1) is 7.78. The van der Waals surface area contributed by atoms with Gasteiger partial charge in [-0.15, -0.1) is 0 Å². The lowest BCUT2D eigenvalue weighted by Crippen LogP contribution is -2.34. The molecule has 0 amide bonds. The highest BCUT2D eigenvalue weighted by Gasteiger charge is 2.44. The summed E-state index contributed by atoms with van der Waals surface area (Å²) in [5, 5.41) is 18.8. The highest BCUT2D eigenvalue weighted by Crippen LogP contribution is 2.48. The minimum Gasteiger partial charge on any atom is -0.507 e. The van der Waals surface area contributed by atoms with Crippen LogP contribution in [0.1, 0.15) is 23.6 Å². The minimum atomic E-state index is -1.20. The minimum absolute atomic E-state index is 0.0103. The smallest absolute Gasteiger partial charge is 0.352 e. The standard InChI is InChI=1S/C12H15O4P/c1-5-6(2)9-10(7(3)8(5)13)17-12(4,16-9)11(14)15/h13,17H,1-4H3,(H,14,15). The molecule has 2 rings (SSSR count). The van der Waals surface area contributed by atoms with Crippen LogP contribution in [0.4, 0.5) is 0 Å². The Bertz CT molecular complexity index is 485. The fourth-order valence-electron chi connectivity index (χ4n) is 1.95. The molecule has 0 aliphatic carbocycles. The molecule has 0 saturated carbocycles. The summed E-state index contributed by atoms with van der Waals surface area (Å²) in [5.74, 6) is -0.101. The number of hydrogen-bond donors (Lipinski definition) is 2. The Balaban J connectivity index is 2.64. The summed E-state index contributed by atoms with van der Waals surface area (Å²) >= 11 is 0. The monoisotopic (exact) mass is 254 g/mol. The van der Waals surface area contributed by atoms with E-state index in [0.29, 0.717) is 5.75 Å². The van der Waals surface area contributed by atoms with E-state index in [0.717, 1.165) is 22.0 Å². The van der Waals surface area contributed by atoms with Gasteiger partial charge in [-0.2, -0.15) is 0 Å². The van der Waals surface area contributed by atoms with Crippen molar-refractivity contribution >= 4 is 19.9 Å². The van der Waals surface area contributed by atoms with Gasteiger partial charge in [0.05, 0.1) is 0 Å². The van der Waals surface area contributed by atoms with Crippen molar-refractivity contribution in [3.63, 3.8) is 0 Å². The van der Waals surface area contributed by atoms with E-state index in [1.165, 1.54) is 0 Å². The lowest BCUT2D eigenvalue weighted by atomic mass is 10.0. The number of benzene rings is 1. The second-order valence-electron chi connectivity index (χ2n) is 4.49. The number of fused-ring (bicyclic) bond motifs is 1. The van der Waals surface area contributed by atoms with E-state index in [4.69, 9.17) is 4.74 Å². The van der Waals surface area contributed by atoms with Crippen molar-refractivity contribution in [2.45, 2.75) is 33.0 Å². The van der Waals surface area contributed by atoms with E-state index in [2.05, 4.69) is 0 Å². The SMILES string of the molecule is Cc1c(C)c2c(c(C)c1O)PC(C)(C(=O)O)O2. The van der Waals surface area contributed by atoms with E-state index < -0.39 is 11.3 Å². The van der Waals surface area contributed by atoms with Crippen LogP contribution in [0, 0.1) is 20.8 Å². The number of carboxylic acids is 1. The van der Waals surface area contributed by atoms with E-state index in [9.17, 15) is 15.0 Å². The first-order valence-corrected chi connectivity index (χ1v) is 6.31. The molecule has 4 nitrogen and oxygen atoms in total. The number of carboxylic acid groups (broad SMARTS) is 1. The van der Waals surface area contributed by atoms with Crippen LogP contribution >= 0.6 is 8.58 Å². The highest BCUT2D eigenvalue weighted by molar-refractivity contribution is 7.51. The van der Waals surface area contributed by atoms with Crippen molar-refractivity contribution in [3.8, 4) is 11.5 Å².